The number of nitrogens with one attached hydrogen (secondary N) is 3. The van der Waals surface area contributed by atoms with Gasteiger partial charge in [-0.2, -0.15) is 0 Å². The molecule has 9 heteroatoms. The quantitative estimate of drug-likeness (QED) is 0.289. The van der Waals surface area contributed by atoms with Gasteiger partial charge in [0.15, 0.2) is 0 Å². The zero-order valence-corrected chi connectivity index (χ0v) is 18.8. The number of benzene rings is 1. The fourth-order valence-corrected chi connectivity index (χ4v) is 3.46. The monoisotopic (exact) mass is 445 g/mol. The molecule has 1 unspecified atom stereocenters. The van der Waals surface area contributed by atoms with Gasteiger partial charge >= 0.3 is 18.0 Å². The number of hydrogen-bond donors (Lipinski definition) is 3. The lowest BCUT2D eigenvalue weighted by molar-refractivity contribution is -0.139. The summed E-state index contributed by atoms with van der Waals surface area (Å²) in [5.74, 6) is -2.15. The van der Waals surface area contributed by atoms with Crippen molar-refractivity contribution in [3.05, 3.63) is 41.2 Å². The van der Waals surface area contributed by atoms with E-state index in [0.717, 1.165) is 25.7 Å². The van der Waals surface area contributed by atoms with Gasteiger partial charge in [-0.05, 0) is 19.4 Å². The summed E-state index contributed by atoms with van der Waals surface area (Å²) < 4.78 is 10.5. The highest BCUT2D eigenvalue weighted by molar-refractivity contribution is 5.97. The third-order valence-corrected chi connectivity index (χ3v) is 4.87. The van der Waals surface area contributed by atoms with Gasteiger partial charge in [-0.15, -0.1) is 0 Å². The number of esters is 2. The second-order valence-corrected chi connectivity index (χ2v) is 7.39. The van der Waals surface area contributed by atoms with E-state index in [1.54, 1.807) is 31.2 Å². The largest absolute Gasteiger partial charge is 0.463 e. The zero-order chi connectivity index (χ0) is 23.5. The molecule has 1 aliphatic rings. The van der Waals surface area contributed by atoms with Gasteiger partial charge in [-0.25, -0.2) is 9.59 Å². The average Bonchev–Trinajstić information content (AvgIpc) is 2.73. The van der Waals surface area contributed by atoms with Crippen LogP contribution in [-0.4, -0.2) is 37.0 Å². The van der Waals surface area contributed by atoms with E-state index in [-0.39, 0.29) is 36.1 Å². The standard InChI is InChI=1S/C23H31N3O6/c1-4-6-7-10-13-24-23(30)26-21-20(22(29)31-5-2)17(14-19(28)25-21)16-11-8-9-12-18(16)32-15(3)27/h8-9,11-12,17H,4-7,10,13-14H2,1-3H3,(H,25,28)(H2,24,26,30). The lowest BCUT2D eigenvalue weighted by atomic mass is 9.85. The maximum absolute atomic E-state index is 12.8. The number of unbranched alkanes of at least 4 members (excludes halogenated alkanes) is 3. The van der Waals surface area contributed by atoms with Gasteiger partial charge in [0.1, 0.15) is 11.6 Å². The molecular formula is C23H31N3O6. The minimum absolute atomic E-state index is 0.0339. The fourth-order valence-electron chi connectivity index (χ4n) is 3.46. The smallest absolute Gasteiger partial charge is 0.338 e. The molecule has 0 saturated heterocycles. The molecule has 174 valence electrons. The maximum Gasteiger partial charge on any atom is 0.338 e. The molecule has 0 fully saturated rings. The molecule has 1 aromatic carbocycles. The molecule has 2 rings (SSSR count). The van der Waals surface area contributed by atoms with Crippen molar-refractivity contribution >= 4 is 23.9 Å². The van der Waals surface area contributed by atoms with Crippen LogP contribution in [0.15, 0.2) is 35.7 Å². The van der Waals surface area contributed by atoms with Crippen LogP contribution in [0.4, 0.5) is 4.79 Å². The summed E-state index contributed by atoms with van der Waals surface area (Å²) in [4.78, 5) is 49.2. The Labute approximate surface area is 187 Å². The average molecular weight is 446 g/mol. The summed E-state index contributed by atoms with van der Waals surface area (Å²) in [7, 11) is 0. The Morgan fingerprint density at radius 1 is 1.12 bits per heavy atom. The minimum Gasteiger partial charge on any atom is -0.463 e. The van der Waals surface area contributed by atoms with Gasteiger partial charge in [0.25, 0.3) is 0 Å². The summed E-state index contributed by atoms with van der Waals surface area (Å²) in [5, 5.41) is 7.88. The van der Waals surface area contributed by atoms with E-state index in [2.05, 4.69) is 22.9 Å². The molecule has 32 heavy (non-hydrogen) atoms. The van der Waals surface area contributed by atoms with Crippen LogP contribution in [0, 0.1) is 0 Å². The number of carbonyl (C=O) groups is 4. The van der Waals surface area contributed by atoms with E-state index >= 15 is 0 Å². The van der Waals surface area contributed by atoms with E-state index in [1.807, 2.05) is 0 Å². The van der Waals surface area contributed by atoms with Crippen LogP contribution >= 0.6 is 0 Å². The van der Waals surface area contributed by atoms with E-state index < -0.39 is 23.9 Å². The number of urea groups is 1. The van der Waals surface area contributed by atoms with Crippen LogP contribution in [0.2, 0.25) is 0 Å². The predicted molar refractivity (Wildman–Crippen MR) is 118 cm³/mol. The van der Waals surface area contributed by atoms with Crippen molar-refractivity contribution in [3.8, 4) is 5.75 Å². The molecule has 3 N–H and O–H groups in total. The van der Waals surface area contributed by atoms with E-state index in [0.29, 0.717) is 12.1 Å². The maximum atomic E-state index is 12.8. The molecule has 1 aromatic rings. The number of hydrogen-bond acceptors (Lipinski definition) is 6. The summed E-state index contributed by atoms with van der Waals surface area (Å²) in [6.07, 6.45) is 3.93. The number of para-hydroxylation sites is 1. The SMILES string of the molecule is CCCCCCNC(=O)NC1=C(C(=O)OCC)C(c2ccccc2OC(C)=O)CC(=O)N1. The Balaban J connectivity index is 2.35. The minimum atomic E-state index is -0.766. The molecule has 0 saturated carbocycles. The molecule has 0 bridgehead atoms. The number of rotatable bonds is 10. The van der Waals surface area contributed by atoms with E-state index in [4.69, 9.17) is 9.47 Å². The van der Waals surface area contributed by atoms with Crippen molar-refractivity contribution in [1.29, 1.82) is 0 Å². The first-order valence-electron chi connectivity index (χ1n) is 10.9. The zero-order valence-electron chi connectivity index (χ0n) is 18.8. The third kappa shape index (κ3) is 7.11. The van der Waals surface area contributed by atoms with Gasteiger partial charge in [-0.1, -0.05) is 44.4 Å². The van der Waals surface area contributed by atoms with Crippen molar-refractivity contribution in [3.63, 3.8) is 0 Å². The van der Waals surface area contributed by atoms with Crippen molar-refractivity contribution in [2.24, 2.45) is 0 Å². The molecule has 3 amide bonds. The highest BCUT2D eigenvalue weighted by Crippen LogP contribution is 2.38. The Bertz CT molecular complexity index is 880. The molecular weight excluding hydrogens is 414 g/mol. The molecule has 0 aromatic heterocycles. The Morgan fingerprint density at radius 3 is 2.56 bits per heavy atom. The molecule has 1 atom stereocenters. The predicted octanol–water partition coefficient (Wildman–Crippen LogP) is 2.87. The molecule has 9 nitrogen and oxygen atoms in total. The molecule has 0 aliphatic carbocycles. The number of carbonyl (C=O) groups excluding carboxylic acids is 4. The van der Waals surface area contributed by atoms with Crippen LogP contribution in [-0.2, 0) is 19.1 Å². The van der Waals surface area contributed by atoms with Gasteiger partial charge < -0.3 is 20.1 Å². The van der Waals surface area contributed by atoms with Crippen LogP contribution in [0.25, 0.3) is 0 Å². The summed E-state index contributed by atoms with van der Waals surface area (Å²) in [6.45, 7) is 5.62. The number of amides is 3. The van der Waals surface area contributed by atoms with Gasteiger partial charge in [0.2, 0.25) is 5.91 Å². The van der Waals surface area contributed by atoms with E-state index in [9.17, 15) is 19.2 Å². The first kappa shape index (κ1) is 24.9. The summed E-state index contributed by atoms with van der Waals surface area (Å²) >= 11 is 0. The normalized spacial score (nSPS) is 15.6. The third-order valence-electron chi connectivity index (χ3n) is 4.87. The van der Waals surface area contributed by atoms with Gasteiger partial charge in [-0.3, -0.25) is 14.9 Å². The Kier molecular flexibility index (Phi) is 9.72. The molecule has 0 spiro atoms. The fraction of sp³-hybridized carbons (Fsp3) is 0.478. The molecule has 1 aliphatic heterocycles. The lowest BCUT2D eigenvalue weighted by Crippen LogP contribution is -2.46. The van der Waals surface area contributed by atoms with Crippen molar-refractivity contribution in [2.75, 3.05) is 13.2 Å². The highest BCUT2D eigenvalue weighted by atomic mass is 16.5. The topological polar surface area (TPSA) is 123 Å². The van der Waals surface area contributed by atoms with Crippen molar-refractivity contribution in [2.45, 2.75) is 58.8 Å². The second-order valence-electron chi connectivity index (χ2n) is 7.39. The van der Waals surface area contributed by atoms with Crippen LogP contribution in [0.1, 0.15) is 64.4 Å². The summed E-state index contributed by atoms with van der Waals surface area (Å²) in [5.41, 5.74) is 0.562. The van der Waals surface area contributed by atoms with Crippen molar-refractivity contribution < 1.29 is 28.7 Å². The molecule has 0 radical (unpaired) electrons. The Morgan fingerprint density at radius 2 is 1.88 bits per heavy atom. The Hall–Kier alpha value is -3.36. The highest BCUT2D eigenvalue weighted by Gasteiger charge is 2.36. The lowest BCUT2D eigenvalue weighted by Gasteiger charge is -2.28. The van der Waals surface area contributed by atoms with Crippen LogP contribution in [0.3, 0.4) is 0 Å². The first-order valence-corrected chi connectivity index (χ1v) is 10.9. The molecule has 1 heterocycles. The summed E-state index contributed by atoms with van der Waals surface area (Å²) in [6, 6.07) is 6.12. The second kappa shape index (κ2) is 12.5. The van der Waals surface area contributed by atoms with E-state index in [1.165, 1.54) is 6.92 Å². The van der Waals surface area contributed by atoms with Gasteiger partial charge in [0.05, 0.1) is 12.2 Å². The van der Waals surface area contributed by atoms with Gasteiger partial charge in [0, 0.05) is 31.4 Å². The van der Waals surface area contributed by atoms with Crippen LogP contribution < -0.4 is 20.7 Å². The van der Waals surface area contributed by atoms with Crippen molar-refractivity contribution in [1.82, 2.24) is 16.0 Å². The first-order chi connectivity index (χ1) is 15.4. The van der Waals surface area contributed by atoms with Crippen LogP contribution in [0.5, 0.6) is 5.75 Å². The number of ether oxygens (including phenoxy) is 2.